The van der Waals surface area contributed by atoms with Gasteiger partial charge in [0.05, 0.1) is 0 Å². The summed E-state index contributed by atoms with van der Waals surface area (Å²) in [5, 5.41) is 18.4. The fourth-order valence-electron chi connectivity index (χ4n) is 1.11. The summed E-state index contributed by atoms with van der Waals surface area (Å²) in [6.45, 7) is 5.00. The van der Waals surface area contributed by atoms with Gasteiger partial charge in [-0.05, 0) is 18.1 Å². The average molecular weight is 219 g/mol. The fraction of sp³-hybridized carbons (Fsp3) is 0.400. The average Bonchev–Trinajstić information content (AvgIpc) is 2.76. The van der Waals surface area contributed by atoms with Crippen LogP contribution >= 0.6 is 0 Å². The molecule has 0 bridgehead atoms. The lowest BCUT2D eigenvalue weighted by molar-refractivity contribution is 0.566. The first-order valence-electron chi connectivity index (χ1n) is 5.11. The van der Waals surface area contributed by atoms with E-state index in [4.69, 9.17) is 4.42 Å². The van der Waals surface area contributed by atoms with E-state index in [0.29, 0.717) is 23.5 Å². The molecule has 0 aliphatic carbocycles. The van der Waals surface area contributed by atoms with Crippen molar-refractivity contribution in [3.05, 3.63) is 18.3 Å². The molecule has 6 nitrogen and oxygen atoms in total. The van der Waals surface area contributed by atoms with Crippen molar-refractivity contribution in [2.24, 2.45) is 5.92 Å². The van der Waals surface area contributed by atoms with Gasteiger partial charge in [0, 0.05) is 12.7 Å². The molecule has 2 aromatic rings. The quantitative estimate of drug-likeness (QED) is 0.841. The molecule has 6 heteroatoms. The van der Waals surface area contributed by atoms with E-state index in [1.54, 1.807) is 18.3 Å². The molecule has 2 rings (SSSR count). The zero-order valence-corrected chi connectivity index (χ0v) is 9.21. The SMILES string of the molecule is CC(C)CNc1nnc(-c2cccnn2)o1. The third-order valence-electron chi connectivity index (χ3n) is 1.88. The van der Waals surface area contributed by atoms with Crippen molar-refractivity contribution < 1.29 is 4.42 Å². The number of hydrogen-bond donors (Lipinski definition) is 1. The van der Waals surface area contributed by atoms with Crippen LogP contribution in [-0.4, -0.2) is 26.9 Å². The van der Waals surface area contributed by atoms with Gasteiger partial charge in [0.2, 0.25) is 0 Å². The normalized spacial score (nSPS) is 10.7. The molecule has 0 atom stereocenters. The summed E-state index contributed by atoms with van der Waals surface area (Å²) in [7, 11) is 0. The maximum Gasteiger partial charge on any atom is 0.315 e. The number of nitrogens with zero attached hydrogens (tertiary/aromatic N) is 4. The lowest BCUT2D eigenvalue weighted by atomic mass is 10.2. The van der Waals surface area contributed by atoms with Crippen LogP contribution in [0.3, 0.4) is 0 Å². The highest BCUT2D eigenvalue weighted by atomic mass is 16.4. The van der Waals surface area contributed by atoms with Gasteiger partial charge in [-0.25, -0.2) is 0 Å². The standard InChI is InChI=1S/C10H13N5O/c1-7(2)6-11-10-15-14-9(16-10)8-4-3-5-12-13-8/h3-5,7H,6H2,1-2H3,(H,11,15). The lowest BCUT2D eigenvalue weighted by Gasteiger charge is -2.02. The molecule has 0 aliphatic heterocycles. The van der Waals surface area contributed by atoms with E-state index in [9.17, 15) is 0 Å². The molecule has 84 valence electrons. The molecule has 0 fully saturated rings. The van der Waals surface area contributed by atoms with Gasteiger partial charge in [-0.1, -0.05) is 18.9 Å². The van der Waals surface area contributed by atoms with Crippen molar-refractivity contribution in [2.75, 3.05) is 11.9 Å². The Bertz CT molecular complexity index is 439. The highest BCUT2D eigenvalue weighted by Crippen LogP contribution is 2.16. The molecule has 0 saturated heterocycles. The number of aromatic nitrogens is 4. The molecule has 0 spiro atoms. The van der Waals surface area contributed by atoms with Gasteiger partial charge in [-0.3, -0.25) is 0 Å². The molecular weight excluding hydrogens is 206 g/mol. The van der Waals surface area contributed by atoms with Gasteiger partial charge >= 0.3 is 6.01 Å². The molecular formula is C10H13N5O. The Morgan fingerprint density at radius 1 is 1.31 bits per heavy atom. The molecule has 0 aromatic carbocycles. The monoisotopic (exact) mass is 219 g/mol. The minimum Gasteiger partial charge on any atom is -0.402 e. The predicted octanol–water partition coefficient (Wildman–Crippen LogP) is 1.59. The molecule has 2 heterocycles. The van der Waals surface area contributed by atoms with Crippen LogP contribution in [0, 0.1) is 5.92 Å². The van der Waals surface area contributed by atoms with Crippen LogP contribution in [0.1, 0.15) is 13.8 Å². The van der Waals surface area contributed by atoms with Gasteiger partial charge in [-0.2, -0.15) is 5.10 Å². The third kappa shape index (κ3) is 2.53. The molecule has 2 aromatic heterocycles. The summed E-state index contributed by atoms with van der Waals surface area (Å²) in [5.41, 5.74) is 0.576. The van der Waals surface area contributed by atoms with Gasteiger partial charge in [0.15, 0.2) is 0 Å². The molecule has 1 N–H and O–H groups in total. The van der Waals surface area contributed by atoms with Crippen LogP contribution in [0.25, 0.3) is 11.6 Å². The lowest BCUT2D eigenvalue weighted by Crippen LogP contribution is -2.07. The van der Waals surface area contributed by atoms with Gasteiger partial charge in [-0.15, -0.1) is 10.2 Å². The van der Waals surface area contributed by atoms with E-state index in [1.807, 2.05) is 0 Å². The van der Waals surface area contributed by atoms with Crippen LogP contribution < -0.4 is 5.32 Å². The summed E-state index contributed by atoms with van der Waals surface area (Å²) in [4.78, 5) is 0. The summed E-state index contributed by atoms with van der Waals surface area (Å²) in [5.74, 6) is 0.895. The van der Waals surface area contributed by atoms with Crippen LogP contribution in [-0.2, 0) is 0 Å². The molecule has 16 heavy (non-hydrogen) atoms. The topological polar surface area (TPSA) is 76.7 Å². The summed E-state index contributed by atoms with van der Waals surface area (Å²) >= 11 is 0. The van der Waals surface area contributed by atoms with Crippen molar-refractivity contribution in [3.8, 4) is 11.6 Å². The second kappa shape index (κ2) is 4.69. The molecule has 0 saturated carbocycles. The van der Waals surface area contributed by atoms with E-state index >= 15 is 0 Å². The van der Waals surface area contributed by atoms with E-state index in [2.05, 4.69) is 39.6 Å². The Balaban J connectivity index is 2.08. The maximum atomic E-state index is 5.38. The van der Waals surface area contributed by atoms with Crippen LogP contribution in [0.15, 0.2) is 22.7 Å². The second-order valence-corrected chi connectivity index (χ2v) is 3.80. The largest absolute Gasteiger partial charge is 0.402 e. The van der Waals surface area contributed by atoms with Crippen LogP contribution in [0.4, 0.5) is 6.01 Å². The Kier molecular flexibility index (Phi) is 3.09. The van der Waals surface area contributed by atoms with E-state index in [1.165, 1.54) is 0 Å². The second-order valence-electron chi connectivity index (χ2n) is 3.80. The van der Waals surface area contributed by atoms with Crippen LogP contribution in [0.2, 0.25) is 0 Å². The maximum absolute atomic E-state index is 5.38. The number of anilines is 1. The van der Waals surface area contributed by atoms with Gasteiger partial charge in [0.25, 0.3) is 5.89 Å². The van der Waals surface area contributed by atoms with E-state index < -0.39 is 0 Å². The first kappa shape index (κ1) is 10.5. The number of nitrogens with one attached hydrogen (secondary N) is 1. The van der Waals surface area contributed by atoms with Crippen molar-refractivity contribution in [1.82, 2.24) is 20.4 Å². The minimum atomic E-state index is 0.374. The zero-order valence-electron chi connectivity index (χ0n) is 9.21. The Labute approximate surface area is 93.1 Å². The highest BCUT2D eigenvalue weighted by Gasteiger charge is 2.09. The van der Waals surface area contributed by atoms with Gasteiger partial charge < -0.3 is 9.73 Å². The molecule has 0 radical (unpaired) electrons. The Morgan fingerprint density at radius 2 is 2.19 bits per heavy atom. The van der Waals surface area contributed by atoms with Crippen LogP contribution in [0.5, 0.6) is 0 Å². The first-order valence-corrected chi connectivity index (χ1v) is 5.11. The number of hydrogen-bond acceptors (Lipinski definition) is 6. The number of rotatable bonds is 4. The zero-order chi connectivity index (χ0) is 11.4. The molecule has 0 amide bonds. The van der Waals surface area contributed by atoms with Gasteiger partial charge in [0.1, 0.15) is 5.69 Å². The smallest absolute Gasteiger partial charge is 0.315 e. The summed E-state index contributed by atoms with van der Waals surface area (Å²) < 4.78 is 5.38. The minimum absolute atomic E-state index is 0.374. The van der Waals surface area contributed by atoms with E-state index in [-0.39, 0.29) is 0 Å². The first-order chi connectivity index (χ1) is 7.75. The van der Waals surface area contributed by atoms with Crippen molar-refractivity contribution in [2.45, 2.75) is 13.8 Å². The molecule has 0 aliphatic rings. The van der Waals surface area contributed by atoms with Crippen molar-refractivity contribution in [1.29, 1.82) is 0 Å². The summed E-state index contributed by atoms with van der Waals surface area (Å²) in [6.07, 6.45) is 1.60. The van der Waals surface area contributed by atoms with Crippen molar-refractivity contribution >= 4 is 6.01 Å². The van der Waals surface area contributed by atoms with E-state index in [0.717, 1.165) is 6.54 Å². The third-order valence-corrected chi connectivity index (χ3v) is 1.88. The molecule has 0 unspecified atom stereocenters. The highest BCUT2D eigenvalue weighted by molar-refractivity contribution is 5.45. The predicted molar refractivity (Wildman–Crippen MR) is 58.7 cm³/mol. The Morgan fingerprint density at radius 3 is 2.88 bits per heavy atom. The fourth-order valence-corrected chi connectivity index (χ4v) is 1.11. The summed E-state index contributed by atoms with van der Waals surface area (Å²) in [6, 6.07) is 3.95. The Hall–Kier alpha value is -1.98. The van der Waals surface area contributed by atoms with Crippen molar-refractivity contribution in [3.63, 3.8) is 0 Å².